The van der Waals surface area contributed by atoms with Crippen molar-refractivity contribution in [2.75, 3.05) is 0 Å². The van der Waals surface area contributed by atoms with Crippen LogP contribution in [-0.4, -0.2) is 31.1 Å². The van der Waals surface area contributed by atoms with Crippen molar-refractivity contribution < 1.29 is 24.2 Å². The Balaban J connectivity index is 0.000000450. The summed E-state index contributed by atoms with van der Waals surface area (Å²) >= 11 is 0. The number of carbonyl (C=O) groups excluding carboxylic acids is 2. The van der Waals surface area contributed by atoms with Gasteiger partial charge >= 0.3 is 11.9 Å². The Morgan fingerprint density at radius 3 is 1.85 bits per heavy atom. The van der Waals surface area contributed by atoms with Crippen LogP contribution in [0.1, 0.15) is 54.0 Å². The number of para-hydroxylation sites is 2. The molecule has 0 aliphatic carbocycles. The first-order valence-electron chi connectivity index (χ1n) is 11.2. The number of hydrogen-bond acceptors (Lipinski definition) is 5. The second-order valence-corrected chi connectivity index (χ2v) is 6.83. The predicted molar refractivity (Wildman–Crippen MR) is 134 cm³/mol. The van der Waals surface area contributed by atoms with Crippen LogP contribution in [0.15, 0.2) is 67.0 Å². The molecule has 0 bridgehead atoms. The summed E-state index contributed by atoms with van der Waals surface area (Å²) in [4.78, 5) is 23.3. The molecule has 4 rings (SSSR count). The van der Waals surface area contributed by atoms with Gasteiger partial charge in [-0.15, -0.1) is 14.1 Å². The third-order valence-electron chi connectivity index (χ3n) is 4.11. The number of ether oxygens (including phenoxy) is 2. The summed E-state index contributed by atoms with van der Waals surface area (Å²) in [5.74, 6) is -0.133. The number of aromatic hydroxyl groups is 1. The molecule has 0 unspecified atom stereocenters. The molecule has 0 amide bonds. The number of fused-ring (bicyclic) bond motifs is 4. The maximum Gasteiger partial charge on any atom is 0.333 e. The number of aromatic nitrogens is 3. The lowest BCUT2D eigenvalue weighted by atomic mass is 10.2. The molecule has 0 saturated heterocycles. The van der Waals surface area contributed by atoms with Gasteiger partial charge in [0.25, 0.3) is 0 Å². The Labute approximate surface area is 200 Å². The van der Waals surface area contributed by atoms with E-state index in [2.05, 4.69) is 17.9 Å². The van der Waals surface area contributed by atoms with E-state index in [0.717, 1.165) is 16.6 Å². The van der Waals surface area contributed by atoms with Crippen molar-refractivity contribution in [2.24, 2.45) is 0 Å². The molecule has 8 heteroatoms. The fraction of sp³-hybridized carbons (Fsp3) is 0.308. The average molecular weight is 470 g/mol. The van der Waals surface area contributed by atoms with E-state index in [1.807, 2.05) is 66.0 Å². The number of carbonyl (C=O) groups is 2. The molecule has 0 atom stereocenters. The van der Waals surface area contributed by atoms with Crippen LogP contribution in [0.2, 0.25) is 0 Å². The summed E-state index contributed by atoms with van der Waals surface area (Å²) in [6.45, 7) is 19.6. The molecule has 1 N–H and O–H groups in total. The second kappa shape index (κ2) is 12.9. The lowest BCUT2D eigenvalue weighted by molar-refractivity contribution is -0.140. The number of rotatable bonds is 5. The minimum atomic E-state index is -0.425. The van der Waals surface area contributed by atoms with Crippen LogP contribution in [0.4, 0.5) is 0 Å². The van der Waals surface area contributed by atoms with Crippen LogP contribution >= 0.6 is 0 Å². The summed E-state index contributed by atoms with van der Waals surface area (Å²) in [6, 6.07) is 13.1. The minimum Gasteiger partial charge on any atom is -0.506 e. The highest BCUT2D eigenvalue weighted by molar-refractivity contribution is 5.86. The van der Waals surface area contributed by atoms with Crippen LogP contribution in [-0.2, 0) is 25.7 Å². The molecule has 0 aliphatic rings. The normalized spacial score (nSPS) is 9.74. The third kappa shape index (κ3) is 6.78. The van der Waals surface area contributed by atoms with E-state index >= 15 is 0 Å². The van der Waals surface area contributed by atoms with Gasteiger partial charge in [0.15, 0.2) is 0 Å². The SMILES string of the molecule is C=C(C)C(=O)OCc1ccc(O)c(-n2n3c4ccccc4n23)c1.C=C(C)OC(C)=O.CC.CC. The van der Waals surface area contributed by atoms with E-state index in [-0.39, 0.29) is 18.3 Å². The molecule has 2 aromatic carbocycles. The fourth-order valence-electron chi connectivity index (χ4n) is 2.83. The zero-order valence-electron chi connectivity index (χ0n) is 21.1. The first-order chi connectivity index (χ1) is 16.2. The molecule has 184 valence electrons. The van der Waals surface area contributed by atoms with E-state index in [0.29, 0.717) is 17.0 Å². The van der Waals surface area contributed by atoms with Gasteiger partial charge in [0.05, 0.1) is 5.76 Å². The summed E-state index contributed by atoms with van der Waals surface area (Å²) in [5, 5.41) is 10.1. The summed E-state index contributed by atoms with van der Waals surface area (Å²) in [5.41, 5.74) is 3.98. The van der Waals surface area contributed by atoms with Crippen molar-refractivity contribution in [3.05, 3.63) is 72.5 Å². The Kier molecular flexibility index (Phi) is 10.7. The molecular weight excluding hydrogens is 434 g/mol. The van der Waals surface area contributed by atoms with E-state index in [1.54, 1.807) is 32.0 Å². The Morgan fingerprint density at radius 2 is 1.44 bits per heavy atom. The smallest absolute Gasteiger partial charge is 0.333 e. The first-order valence-corrected chi connectivity index (χ1v) is 11.2. The first kappa shape index (κ1) is 28.1. The van der Waals surface area contributed by atoms with Gasteiger partial charge in [0.1, 0.15) is 29.1 Å². The number of hydrogen-bond donors (Lipinski definition) is 1. The van der Waals surface area contributed by atoms with Crippen LogP contribution < -0.4 is 0 Å². The zero-order valence-corrected chi connectivity index (χ0v) is 21.1. The fourth-order valence-corrected chi connectivity index (χ4v) is 2.83. The summed E-state index contributed by atoms with van der Waals surface area (Å²) < 4.78 is 13.5. The van der Waals surface area contributed by atoms with Crippen LogP contribution in [0.5, 0.6) is 5.75 Å². The maximum atomic E-state index is 11.5. The number of phenols is 1. The molecular formula is C26H35N3O5. The Morgan fingerprint density at radius 1 is 0.912 bits per heavy atom. The number of phenolic OH excluding ortho intramolecular Hbond substituents is 1. The lowest BCUT2D eigenvalue weighted by Gasteiger charge is -2.06. The summed E-state index contributed by atoms with van der Waals surface area (Å²) in [7, 11) is 0. The molecule has 0 fully saturated rings. The van der Waals surface area contributed by atoms with Gasteiger partial charge in [0, 0.05) is 12.5 Å². The van der Waals surface area contributed by atoms with Crippen molar-refractivity contribution in [3.63, 3.8) is 0 Å². The van der Waals surface area contributed by atoms with Gasteiger partial charge in [-0.1, -0.05) is 59.1 Å². The van der Waals surface area contributed by atoms with E-state index in [1.165, 1.54) is 6.92 Å². The topological polar surface area (TPSA) is 86.6 Å². The quantitative estimate of drug-likeness (QED) is 0.224. The van der Waals surface area contributed by atoms with Crippen molar-refractivity contribution in [1.82, 2.24) is 14.1 Å². The molecule has 2 heterocycles. The van der Waals surface area contributed by atoms with Crippen molar-refractivity contribution in [2.45, 2.75) is 55.1 Å². The average Bonchev–Trinajstić information content (AvgIpc) is 3.47. The van der Waals surface area contributed by atoms with Gasteiger partial charge in [-0.25, -0.2) is 4.79 Å². The van der Waals surface area contributed by atoms with Crippen LogP contribution in [0, 0.1) is 0 Å². The lowest BCUT2D eigenvalue weighted by Crippen LogP contribution is -2.05. The second-order valence-electron chi connectivity index (χ2n) is 6.83. The van der Waals surface area contributed by atoms with Gasteiger partial charge < -0.3 is 14.6 Å². The molecule has 0 spiro atoms. The maximum absolute atomic E-state index is 11.5. The molecule has 0 saturated carbocycles. The standard InChI is InChI=1S/C17H15N3O3.C5H8O2.2C2H6/c1-11(2)17(22)23-10-12-7-8-16(21)15(9-12)20-18-13-5-3-4-6-14(13)19(18)20;1-4(2)7-5(3)6;2*1-2/h3-9,21H,1,10H2,2H3;1H2,2-3H3;2*1-2H3. The van der Waals surface area contributed by atoms with Crippen LogP contribution in [0.3, 0.4) is 0 Å². The van der Waals surface area contributed by atoms with Gasteiger partial charge in [0.2, 0.25) is 0 Å². The number of nitrogens with zero attached hydrogens (tertiary/aromatic N) is 3. The van der Waals surface area contributed by atoms with Gasteiger partial charge in [-0.3, -0.25) is 4.79 Å². The van der Waals surface area contributed by atoms with Gasteiger partial charge in [-0.2, -0.15) is 0 Å². The van der Waals surface area contributed by atoms with Crippen molar-refractivity contribution in [3.8, 4) is 11.4 Å². The molecule has 4 aromatic rings. The minimum absolute atomic E-state index is 0.139. The zero-order chi connectivity index (χ0) is 26.0. The summed E-state index contributed by atoms with van der Waals surface area (Å²) in [6.07, 6.45) is 0. The highest BCUT2D eigenvalue weighted by Gasteiger charge is 2.25. The largest absolute Gasteiger partial charge is 0.506 e. The van der Waals surface area contributed by atoms with E-state index in [4.69, 9.17) is 4.74 Å². The number of esters is 2. The monoisotopic (exact) mass is 469 g/mol. The highest BCUT2D eigenvalue weighted by Crippen LogP contribution is 2.31. The third-order valence-corrected chi connectivity index (χ3v) is 4.11. The molecule has 2 aromatic heterocycles. The Hall–Kier alpha value is -3.94. The van der Waals surface area contributed by atoms with Crippen molar-refractivity contribution >= 4 is 23.0 Å². The highest BCUT2D eigenvalue weighted by atomic mass is 16.5. The van der Waals surface area contributed by atoms with E-state index in [9.17, 15) is 14.7 Å². The van der Waals surface area contributed by atoms with Crippen molar-refractivity contribution in [1.29, 1.82) is 0 Å². The molecule has 0 radical (unpaired) electrons. The molecule has 34 heavy (non-hydrogen) atoms. The molecule has 8 nitrogen and oxygen atoms in total. The van der Waals surface area contributed by atoms with Gasteiger partial charge in [-0.05, 0) is 43.7 Å². The predicted octanol–water partition coefficient (Wildman–Crippen LogP) is 5.88. The number of allylic oxidation sites excluding steroid dienone is 1. The van der Waals surface area contributed by atoms with E-state index < -0.39 is 5.97 Å². The number of benzene rings is 2. The van der Waals surface area contributed by atoms with Crippen LogP contribution in [0.25, 0.3) is 16.7 Å². The molecule has 0 aliphatic heterocycles. The Bertz CT molecular complexity index is 1190.